The molecule has 1 aromatic heterocycles. The van der Waals surface area contributed by atoms with Gasteiger partial charge in [0.2, 0.25) is 0 Å². The van der Waals surface area contributed by atoms with Crippen LogP contribution in [-0.2, 0) is 6.42 Å². The van der Waals surface area contributed by atoms with Crippen LogP contribution in [0.4, 0.5) is 0 Å². The Morgan fingerprint density at radius 1 is 0.478 bits per heavy atom. The van der Waals surface area contributed by atoms with Crippen molar-refractivity contribution in [3.05, 3.63) is 54.6 Å². The molecule has 2 aromatic rings. The standard InChI is InChI=1S/C44H78N2/c1-3-5-7-9-11-13-15-17-18-20-21-23-25-27-32-36-43(40-42-34-30-29-31-35-42)44(46-39-38-45-41-46)37-33-28-26-24-22-19-16-14-12-10-8-6-4-2/h29-31,34-35,38-39,41,43-44H,3-28,32-33,36-37,40H2,1-2H3. The molecule has 0 saturated carbocycles. The summed E-state index contributed by atoms with van der Waals surface area (Å²) in [6, 6.07) is 11.9. The zero-order valence-electron chi connectivity index (χ0n) is 31.1. The minimum atomic E-state index is 0.571. The highest BCUT2D eigenvalue weighted by Crippen LogP contribution is 2.32. The maximum Gasteiger partial charge on any atom is 0.0948 e. The second-order valence-electron chi connectivity index (χ2n) is 14.8. The van der Waals surface area contributed by atoms with Gasteiger partial charge in [-0.15, -0.1) is 0 Å². The van der Waals surface area contributed by atoms with E-state index in [4.69, 9.17) is 0 Å². The fraction of sp³-hybridized carbons (Fsp3) is 0.795. The van der Waals surface area contributed by atoms with E-state index >= 15 is 0 Å². The van der Waals surface area contributed by atoms with Crippen molar-refractivity contribution in [1.82, 2.24) is 9.55 Å². The summed E-state index contributed by atoms with van der Waals surface area (Å²) in [7, 11) is 0. The summed E-state index contributed by atoms with van der Waals surface area (Å²) in [6.45, 7) is 4.62. The molecule has 0 bridgehead atoms. The molecule has 2 unspecified atom stereocenters. The van der Waals surface area contributed by atoms with Crippen molar-refractivity contribution >= 4 is 0 Å². The molecule has 2 atom stereocenters. The lowest BCUT2D eigenvalue weighted by atomic mass is 9.84. The van der Waals surface area contributed by atoms with Gasteiger partial charge in [-0.3, -0.25) is 0 Å². The van der Waals surface area contributed by atoms with Crippen molar-refractivity contribution in [1.29, 1.82) is 0 Å². The van der Waals surface area contributed by atoms with E-state index in [1.807, 2.05) is 6.20 Å². The Kier molecular flexibility index (Phi) is 27.1. The highest BCUT2D eigenvalue weighted by Gasteiger charge is 2.23. The van der Waals surface area contributed by atoms with E-state index in [1.165, 1.54) is 205 Å². The van der Waals surface area contributed by atoms with E-state index in [0.29, 0.717) is 12.0 Å². The van der Waals surface area contributed by atoms with Crippen molar-refractivity contribution in [3.63, 3.8) is 0 Å². The largest absolute Gasteiger partial charge is 0.334 e. The van der Waals surface area contributed by atoms with E-state index in [-0.39, 0.29) is 0 Å². The molecule has 0 fully saturated rings. The van der Waals surface area contributed by atoms with Gasteiger partial charge in [0.25, 0.3) is 0 Å². The van der Waals surface area contributed by atoms with Gasteiger partial charge in [-0.05, 0) is 30.7 Å². The molecule has 0 saturated heterocycles. The number of imidazole rings is 1. The Hall–Kier alpha value is -1.57. The third kappa shape index (κ3) is 22.1. The number of benzene rings is 1. The molecule has 0 amide bonds. The fourth-order valence-corrected chi connectivity index (χ4v) is 7.59. The first-order valence-corrected chi connectivity index (χ1v) is 20.9. The molecule has 1 heterocycles. The maximum absolute atomic E-state index is 4.49. The second-order valence-corrected chi connectivity index (χ2v) is 14.8. The quantitative estimate of drug-likeness (QED) is 0.0700. The summed E-state index contributed by atoms with van der Waals surface area (Å²) < 4.78 is 2.46. The van der Waals surface area contributed by atoms with Crippen LogP contribution in [0.5, 0.6) is 0 Å². The molecular formula is C44H78N2. The normalized spacial score (nSPS) is 12.9. The number of rotatable bonds is 34. The molecule has 2 heteroatoms. The molecular weight excluding hydrogens is 556 g/mol. The Labute approximate surface area is 288 Å². The van der Waals surface area contributed by atoms with Crippen molar-refractivity contribution in [2.24, 2.45) is 5.92 Å². The molecule has 2 rings (SSSR count). The summed E-state index contributed by atoms with van der Waals surface area (Å²) in [4.78, 5) is 4.49. The van der Waals surface area contributed by atoms with Gasteiger partial charge in [-0.1, -0.05) is 224 Å². The van der Waals surface area contributed by atoms with Crippen molar-refractivity contribution in [2.45, 2.75) is 219 Å². The minimum absolute atomic E-state index is 0.571. The van der Waals surface area contributed by atoms with E-state index < -0.39 is 0 Å². The first kappa shape index (κ1) is 40.6. The molecule has 0 aliphatic rings. The molecule has 2 nitrogen and oxygen atoms in total. The summed E-state index contributed by atoms with van der Waals surface area (Å²) in [5, 5.41) is 0. The first-order chi connectivity index (χ1) is 22.8. The van der Waals surface area contributed by atoms with Gasteiger partial charge in [0.15, 0.2) is 0 Å². The average Bonchev–Trinajstić information content (AvgIpc) is 3.62. The van der Waals surface area contributed by atoms with Gasteiger partial charge in [0.1, 0.15) is 0 Å². The predicted molar refractivity (Wildman–Crippen MR) is 205 cm³/mol. The zero-order chi connectivity index (χ0) is 32.6. The van der Waals surface area contributed by atoms with Crippen molar-refractivity contribution in [3.8, 4) is 0 Å². The molecule has 0 aliphatic carbocycles. The van der Waals surface area contributed by atoms with Gasteiger partial charge < -0.3 is 4.57 Å². The monoisotopic (exact) mass is 635 g/mol. The van der Waals surface area contributed by atoms with E-state index in [2.05, 4.69) is 66.3 Å². The summed E-state index contributed by atoms with van der Waals surface area (Å²) in [6.07, 6.45) is 50.2. The van der Waals surface area contributed by atoms with Gasteiger partial charge in [-0.25, -0.2) is 4.98 Å². The molecule has 0 spiro atoms. The lowest BCUT2D eigenvalue weighted by Crippen LogP contribution is -2.21. The SMILES string of the molecule is CCCCCCCCCCCCCCCCCC(Cc1ccccc1)C(CCCCCCCCCCCCCCC)n1ccnc1. The van der Waals surface area contributed by atoms with Gasteiger partial charge in [-0.2, -0.15) is 0 Å². The highest BCUT2D eigenvalue weighted by atomic mass is 15.1. The van der Waals surface area contributed by atoms with E-state index in [9.17, 15) is 0 Å². The second kappa shape index (κ2) is 30.7. The molecule has 46 heavy (non-hydrogen) atoms. The third-order valence-corrected chi connectivity index (χ3v) is 10.6. The van der Waals surface area contributed by atoms with Crippen LogP contribution < -0.4 is 0 Å². The smallest absolute Gasteiger partial charge is 0.0948 e. The van der Waals surface area contributed by atoms with E-state index in [1.54, 1.807) is 0 Å². The van der Waals surface area contributed by atoms with Crippen LogP contribution in [0, 0.1) is 5.92 Å². The Bertz CT molecular complexity index is 844. The first-order valence-electron chi connectivity index (χ1n) is 20.9. The van der Waals surface area contributed by atoms with E-state index in [0.717, 1.165) is 0 Å². The van der Waals surface area contributed by atoms with Crippen LogP contribution in [0.15, 0.2) is 49.1 Å². The average molecular weight is 635 g/mol. The Morgan fingerprint density at radius 2 is 0.870 bits per heavy atom. The summed E-state index contributed by atoms with van der Waals surface area (Å²) >= 11 is 0. The van der Waals surface area contributed by atoms with Crippen LogP contribution >= 0.6 is 0 Å². The van der Waals surface area contributed by atoms with Crippen LogP contribution in [0.3, 0.4) is 0 Å². The molecule has 0 aliphatic heterocycles. The Balaban J connectivity index is 1.65. The number of hydrogen-bond donors (Lipinski definition) is 0. The van der Waals surface area contributed by atoms with Crippen LogP contribution in [0.25, 0.3) is 0 Å². The maximum atomic E-state index is 4.49. The minimum Gasteiger partial charge on any atom is -0.334 e. The molecule has 264 valence electrons. The lowest BCUT2D eigenvalue weighted by Gasteiger charge is -2.29. The number of nitrogens with zero attached hydrogens (tertiary/aromatic N) is 2. The fourth-order valence-electron chi connectivity index (χ4n) is 7.59. The third-order valence-electron chi connectivity index (χ3n) is 10.6. The Morgan fingerprint density at radius 3 is 1.26 bits per heavy atom. The van der Waals surface area contributed by atoms with Crippen molar-refractivity contribution in [2.75, 3.05) is 0 Å². The predicted octanol–water partition coefficient (Wildman–Crippen LogP) is 15.0. The van der Waals surface area contributed by atoms with Crippen LogP contribution in [-0.4, -0.2) is 9.55 Å². The molecule has 0 N–H and O–H groups in total. The van der Waals surface area contributed by atoms with Crippen LogP contribution in [0.2, 0.25) is 0 Å². The number of unbranched alkanes of at least 4 members (excludes halogenated alkanes) is 26. The highest BCUT2D eigenvalue weighted by molar-refractivity contribution is 5.15. The van der Waals surface area contributed by atoms with Gasteiger partial charge in [0.05, 0.1) is 6.33 Å². The zero-order valence-corrected chi connectivity index (χ0v) is 31.1. The number of aromatic nitrogens is 2. The van der Waals surface area contributed by atoms with Crippen LogP contribution in [0.1, 0.15) is 218 Å². The van der Waals surface area contributed by atoms with Gasteiger partial charge >= 0.3 is 0 Å². The summed E-state index contributed by atoms with van der Waals surface area (Å²) in [5.41, 5.74) is 1.50. The summed E-state index contributed by atoms with van der Waals surface area (Å²) in [5.74, 6) is 0.691. The van der Waals surface area contributed by atoms with Crippen molar-refractivity contribution < 1.29 is 0 Å². The lowest BCUT2D eigenvalue weighted by molar-refractivity contribution is 0.275. The van der Waals surface area contributed by atoms with Gasteiger partial charge in [0, 0.05) is 18.4 Å². The molecule has 1 aromatic carbocycles. The molecule has 0 radical (unpaired) electrons. The number of hydrogen-bond acceptors (Lipinski definition) is 1. The topological polar surface area (TPSA) is 17.8 Å².